The van der Waals surface area contributed by atoms with E-state index in [0.717, 1.165) is 45.5 Å². The van der Waals surface area contributed by atoms with Crippen LogP contribution in [0.1, 0.15) is 6.92 Å². The molecule has 0 saturated heterocycles. The van der Waals surface area contributed by atoms with Crippen molar-refractivity contribution < 1.29 is 4.79 Å². The number of nitrogens with zero attached hydrogens (tertiary/aromatic N) is 2. The molecule has 6 heteroatoms. The summed E-state index contributed by atoms with van der Waals surface area (Å²) >= 11 is 0. The number of aromatic nitrogens is 1. The summed E-state index contributed by atoms with van der Waals surface area (Å²) in [6.07, 6.45) is 0. The van der Waals surface area contributed by atoms with Gasteiger partial charge in [0.2, 0.25) is 0 Å². The summed E-state index contributed by atoms with van der Waals surface area (Å²) in [4.78, 5) is 15.1. The molecule has 0 fully saturated rings. The average molecular weight is 393 g/mol. The number of carbonyl (C=O) groups excluding carboxylic acids is 1. The number of halogens is 1. The van der Waals surface area contributed by atoms with Gasteiger partial charge in [-0.3, -0.25) is 0 Å². The first-order chi connectivity index (χ1) is 13.1. The molecule has 0 saturated carbocycles. The molecule has 2 aliphatic rings. The molecule has 142 valence electrons. The third-order valence-corrected chi connectivity index (χ3v) is 4.73. The van der Waals surface area contributed by atoms with E-state index >= 15 is 0 Å². The molecule has 2 aromatic rings. The van der Waals surface area contributed by atoms with Crippen LogP contribution in [0.25, 0.3) is 33.3 Å². The van der Waals surface area contributed by atoms with Crippen molar-refractivity contribution in [1.29, 1.82) is 0 Å². The number of carbonyl (C=O) groups is 1. The number of rotatable bonds is 2. The maximum atomic E-state index is 11.2. The lowest BCUT2D eigenvalue weighted by Gasteiger charge is -2.23. The molecule has 1 aliphatic carbocycles. The van der Waals surface area contributed by atoms with Gasteiger partial charge in [0, 0.05) is 23.2 Å². The van der Waals surface area contributed by atoms with Crippen molar-refractivity contribution in [3.05, 3.63) is 72.1 Å². The summed E-state index contributed by atoms with van der Waals surface area (Å²) in [5.74, 6) is 0. The van der Waals surface area contributed by atoms with Crippen LogP contribution < -0.4 is 16.8 Å². The van der Waals surface area contributed by atoms with Gasteiger partial charge >= 0.3 is 6.03 Å². The lowest BCUT2D eigenvalue weighted by atomic mass is 9.95. The van der Waals surface area contributed by atoms with Crippen molar-refractivity contribution in [3.63, 3.8) is 0 Å². The number of hydrogen-bond donors (Lipinski definition) is 2. The monoisotopic (exact) mass is 392 g/mol. The van der Waals surface area contributed by atoms with Gasteiger partial charge in [0.1, 0.15) is 0 Å². The minimum Gasteiger partial charge on any atom is -0.399 e. The normalized spacial score (nSPS) is 11.5. The van der Waals surface area contributed by atoms with Crippen molar-refractivity contribution in [2.45, 2.75) is 13.5 Å². The van der Waals surface area contributed by atoms with Gasteiger partial charge in [-0.2, -0.15) is 4.99 Å². The third kappa shape index (κ3) is 3.32. The van der Waals surface area contributed by atoms with Gasteiger partial charge in [0.15, 0.2) is 0 Å². The number of urea groups is 1. The van der Waals surface area contributed by atoms with Crippen molar-refractivity contribution in [1.82, 2.24) is 4.57 Å². The second-order valence-corrected chi connectivity index (χ2v) is 6.42. The van der Waals surface area contributed by atoms with Crippen LogP contribution in [0.3, 0.4) is 0 Å². The Hall–Kier alpha value is -3.31. The molecule has 4 N–H and O–H groups in total. The summed E-state index contributed by atoms with van der Waals surface area (Å²) in [7, 11) is 0. The number of primary amides is 1. The van der Waals surface area contributed by atoms with Gasteiger partial charge in [0.25, 0.3) is 0 Å². The SMILES string of the molecule is CCn1c2c/c(=N/C(N)=O)ccc-2c2ccc(N)cc2c1-c1ccccc1.Cl. The Morgan fingerprint density at radius 2 is 1.75 bits per heavy atom. The number of fused-ring (bicyclic) bond motifs is 3. The molecule has 0 unspecified atom stereocenters. The van der Waals surface area contributed by atoms with Crippen molar-refractivity contribution in [2.75, 3.05) is 5.73 Å². The maximum Gasteiger partial charge on any atom is 0.338 e. The molecule has 2 amide bonds. The average Bonchev–Trinajstić information content (AvgIpc) is 2.66. The Bertz CT molecular complexity index is 1200. The first-order valence-electron chi connectivity index (χ1n) is 8.84. The zero-order valence-corrected chi connectivity index (χ0v) is 16.2. The number of pyridine rings is 1. The lowest BCUT2D eigenvalue weighted by Crippen LogP contribution is -2.15. The third-order valence-electron chi connectivity index (χ3n) is 4.73. The van der Waals surface area contributed by atoms with Crippen LogP contribution in [0.4, 0.5) is 10.5 Å². The molecular formula is C22H21ClN4O. The highest BCUT2D eigenvalue weighted by atomic mass is 35.5. The lowest BCUT2D eigenvalue weighted by molar-refractivity contribution is 0.256. The molecule has 28 heavy (non-hydrogen) atoms. The molecule has 0 radical (unpaired) electrons. The summed E-state index contributed by atoms with van der Waals surface area (Å²) in [6, 6.07) is 21.2. The fraction of sp³-hybridized carbons (Fsp3) is 0.0909. The minimum absolute atomic E-state index is 0. The smallest absolute Gasteiger partial charge is 0.338 e. The van der Waals surface area contributed by atoms with Crippen LogP contribution in [0.2, 0.25) is 0 Å². The van der Waals surface area contributed by atoms with Crippen LogP contribution in [-0.4, -0.2) is 10.6 Å². The Morgan fingerprint density at radius 1 is 1.00 bits per heavy atom. The van der Waals surface area contributed by atoms with E-state index in [1.165, 1.54) is 0 Å². The molecule has 4 rings (SSSR count). The van der Waals surface area contributed by atoms with Gasteiger partial charge < -0.3 is 16.0 Å². The molecule has 0 aromatic heterocycles. The van der Waals surface area contributed by atoms with E-state index in [-0.39, 0.29) is 12.4 Å². The van der Waals surface area contributed by atoms with Gasteiger partial charge in [-0.05, 0) is 42.1 Å². The number of anilines is 1. The predicted molar refractivity (Wildman–Crippen MR) is 116 cm³/mol. The zero-order chi connectivity index (χ0) is 19.0. The fourth-order valence-electron chi connectivity index (χ4n) is 3.66. The van der Waals surface area contributed by atoms with Gasteiger partial charge in [-0.1, -0.05) is 42.5 Å². The first-order valence-corrected chi connectivity index (χ1v) is 8.84. The highest BCUT2D eigenvalue weighted by Crippen LogP contribution is 2.38. The minimum atomic E-state index is -0.700. The number of benzene rings is 3. The standard InChI is InChI=1S/C22H20N4O.ClH/c1-2-26-20-13-16(25-22(24)27)9-11-18(20)17-10-8-15(23)12-19(17)21(26)14-6-4-3-5-7-14;/h3-13H,2,23H2,1H3,(H2,24,27);1H/b25-16+;. The van der Waals surface area contributed by atoms with Gasteiger partial charge in [0.05, 0.1) is 16.7 Å². The van der Waals surface area contributed by atoms with E-state index in [9.17, 15) is 4.79 Å². The highest BCUT2D eigenvalue weighted by Gasteiger charge is 2.18. The Balaban J connectivity index is 0.00000225. The number of nitrogen functional groups attached to an aromatic ring is 1. The van der Waals surface area contributed by atoms with Crippen LogP contribution in [0, 0.1) is 0 Å². The van der Waals surface area contributed by atoms with E-state index in [0.29, 0.717) is 5.36 Å². The molecule has 1 heterocycles. The van der Waals surface area contributed by atoms with Crippen LogP contribution >= 0.6 is 12.4 Å². The Morgan fingerprint density at radius 3 is 2.43 bits per heavy atom. The molecule has 0 atom stereocenters. The summed E-state index contributed by atoms with van der Waals surface area (Å²) < 4.78 is 2.23. The van der Waals surface area contributed by atoms with Crippen molar-refractivity contribution in [2.24, 2.45) is 10.7 Å². The highest BCUT2D eigenvalue weighted by molar-refractivity contribution is 6.05. The zero-order valence-electron chi connectivity index (χ0n) is 15.4. The van der Waals surface area contributed by atoms with Gasteiger partial charge in [-0.15, -0.1) is 12.4 Å². The van der Waals surface area contributed by atoms with E-state index in [2.05, 4.69) is 28.6 Å². The Kier molecular flexibility index (Phi) is 5.38. The van der Waals surface area contributed by atoms with E-state index in [1.54, 1.807) is 0 Å². The number of hydrogen-bond acceptors (Lipinski definition) is 2. The maximum absolute atomic E-state index is 11.2. The van der Waals surface area contributed by atoms with Gasteiger partial charge in [-0.25, -0.2) is 4.79 Å². The number of amides is 2. The summed E-state index contributed by atoms with van der Waals surface area (Å²) in [6.45, 7) is 2.85. The molecule has 1 aliphatic heterocycles. The largest absolute Gasteiger partial charge is 0.399 e. The molecule has 5 nitrogen and oxygen atoms in total. The van der Waals surface area contributed by atoms with Crippen molar-refractivity contribution in [3.8, 4) is 22.5 Å². The molecule has 0 spiro atoms. The Labute approximate surface area is 169 Å². The summed E-state index contributed by atoms with van der Waals surface area (Å²) in [5, 5.41) is 2.74. The fourth-order valence-corrected chi connectivity index (χ4v) is 3.66. The van der Waals surface area contributed by atoms with E-state index < -0.39 is 6.03 Å². The topological polar surface area (TPSA) is 86.4 Å². The van der Waals surface area contributed by atoms with Crippen LogP contribution in [-0.2, 0) is 6.54 Å². The second-order valence-electron chi connectivity index (χ2n) is 6.42. The van der Waals surface area contributed by atoms with Crippen LogP contribution in [0.15, 0.2) is 71.7 Å². The van der Waals surface area contributed by atoms with Crippen molar-refractivity contribution >= 4 is 34.9 Å². The molecule has 2 aromatic carbocycles. The quantitative estimate of drug-likeness (QED) is 0.391. The molecule has 0 bridgehead atoms. The van der Waals surface area contributed by atoms with E-state index in [1.807, 2.05) is 54.6 Å². The first kappa shape index (κ1) is 19.5. The second kappa shape index (κ2) is 7.74. The van der Waals surface area contributed by atoms with Crippen LogP contribution in [0.5, 0.6) is 0 Å². The summed E-state index contributed by atoms with van der Waals surface area (Å²) in [5.41, 5.74) is 16.3. The molecular weight excluding hydrogens is 372 g/mol. The van der Waals surface area contributed by atoms with E-state index in [4.69, 9.17) is 11.5 Å². The predicted octanol–water partition coefficient (Wildman–Crippen LogP) is 4.42. The number of nitrogens with two attached hydrogens (primary N) is 2.